The first-order valence-corrected chi connectivity index (χ1v) is 8.02. The number of carbonyl (C=O) groups excluding carboxylic acids is 3. The predicted octanol–water partition coefficient (Wildman–Crippen LogP) is 1.73. The number of amides is 2. The smallest absolute Gasteiger partial charge is 0.240 e. The Morgan fingerprint density at radius 2 is 1.79 bits per heavy atom. The standard InChI is InChI=1S/C18H17NO5/c1-3-23-12-5-4-10(9(2)20)8-11(12)19-17(21)15-13-6-7-14(24-13)16(15)18(19)22/h4-8,13-16H,3H2,1-2H3/t13-,14+,15+,16-. The van der Waals surface area contributed by atoms with Crippen molar-refractivity contribution in [3.8, 4) is 5.75 Å². The number of ketones is 1. The van der Waals surface area contributed by atoms with Gasteiger partial charge in [-0.15, -0.1) is 0 Å². The largest absolute Gasteiger partial charge is 0.492 e. The van der Waals surface area contributed by atoms with Crippen LogP contribution in [-0.4, -0.2) is 36.4 Å². The van der Waals surface area contributed by atoms with E-state index in [-0.39, 0.29) is 29.8 Å². The average molecular weight is 327 g/mol. The van der Waals surface area contributed by atoms with Gasteiger partial charge < -0.3 is 9.47 Å². The second-order valence-corrected chi connectivity index (χ2v) is 6.19. The first-order valence-electron chi connectivity index (χ1n) is 8.02. The van der Waals surface area contributed by atoms with Gasteiger partial charge in [0.15, 0.2) is 5.78 Å². The van der Waals surface area contributed by atoms with E-state index in [1.807, 2.05) is 19.1 Å². The lowest BCUT2D eigenvalue weighted by Gasteiger charge is -2.21. The molecule has 4 rings (SSSR count). The van der Waals surface area contributed by atoms with Gasteiger partial charge in [0.2, 0.25) is 11.8 Å². The Hall–Kier alpha value is -2.47. The van der Waals surface area contributed by atoms with E-state index < -0.39 is 11.8 Å². The van der Waals surface area contributed by atoms with Crippen LogP contribution in [0.1, 0.15) is 24.2 Å². The molecule has 24 heavy (non-hydrogen) atoms. The highest BCUT2D eigenvalue weighted by molar-refractivity contribution is 6.24. The first-order chi connectivity index (χ1) is 11.5. The Morgan fingerprint density at radius 1 is 1.17 bits per heavy atom. The van der Waals surface area contributed by atoms with Crippen LogP contribution < -0.4 is 9.64 Å². The minimum absolute atomic E-state index is 0.136. The van der Waals surface area contributed by atoms with Crippen LogP contribution >= 0.6 is 0 Å². The fourth-order valence-corrected chi connectivity index (χ4v) is 3.73. The topological polar surface area (TPSA) is 72.9 Å². The molecular formula is C18H17NO5. The SMILES string of the molecule is CCOc1ccc(C(C)=O)cc1N1C(=O)[C@@H]2[C@H](C1=O)[C@@H]1C=C[C@H]2O1. The summed E-state index contributed by atoms with van der Waals surface area (Å²) in [5.74, 6) is -1.26. The second kappa shape index (κ2) is 5.27. The van der Waals surface area contributed by atoms with E-state index >= 15 is 0 Å². The Kier molecular flexibility index (Phi) is 3.31. The molecule has 0 radical (unpaired) electrons. The van der Waals surface area contributed by atoms with Crippen molar-refractivity contribution >= 4 is 23.3 Å². The molecule has 6 nitrogen and oxygen atoms in total. The third kappa shape index (κ3) is 1.96. The van der Waals surface area contributed by atoms with Crippen molar-refractivity contribution in [1.82, 2.24) is 0 Å². The van der Waals surface area contributed by atoms with E-state index in [9.17, 15) is 14.4 Å². The van der Waals surface area contributed by atoms with E-state index in [0.29, 0.717) is 23.6 Å². The number of imide groups is 1. The highest BCUT2D eigenvalue weighted by Crippen LogP contribution is 2.47. The summed E-state index contributed by atoms with van der Waals surface area (Å²) < 4.78 is 11.2. The highest BCUT2D eigenvalue weighted by atomic mass is 16.5. The molecule has 3 heterocycles. The van der Waals surface area contributed by atoms with Crippen LogP contribution in [0.15, 0.2) is 30.4 Å². The van der Waals surface area contributed by atoms with Gasteiger partial charge in [0.25, 0.3) is 0 Å². The zero-order chi connectivity index (χ0) is 17.0. The molecule has 6 heteroatoms. The van der Waals surface area contributed by atoms with Gasteiger partial charge in [-0.05, 0) is 32.0 Å². The van der Waals surface area contributed by atoms with Crippen LogP contribution in [0.4, 0.5) is 5.69 Å². The molecule has 1 aromatic rings. The van der Waals surface area contributed by atoms with Gasteiger partial charge in [-0.25, -0.2) is 4.90 Å². The maximum Gasteiger partial charge on any atom is 0.240 e. The van der Waals surface area contributed by atoms with Gasteiger partial charge in [-0.2, -0.15) is 0 Å². The quantitative estimate of drug-likeness (QED) is 0.478. The summed E-state index contributed by atoms with van der Waals surface area (Å²) in [6.07, 6.45) is 3.01. The van der Waals surface area contributed by atoms with E-state index in [1.165, 1.54) is 11.8 Å². The van der Waals surface area contributed by atoms with Crippen molar-refractivity contribution in [2.24, 2.45) is 11.8 Å². The molecule has 4 atom stereocenters. The number of Topliss-reactive ketones (excluding diaryl/α,β-unsaturated/α-hetero) is 1. The maximum atomic E-state index is 12.9. The Bertz CT molecular complexity index is 754. The van der Waals surface area contributed by atoms with Gasteiger partial charge in [0.05, 0.1) is 36.3 Å². The molecule has 3 aliphatic rings. The predicted molar refractivity (Wildman–Crippen MR) is 84.9 cm³/mol. The van der Waals surface area contributed by atoms with E-state index in [2.05, 4.69) is 0 Å². The van der Waals surface area contributed by atoms with Crippen molar-refractivity contribution < 1.29 is 23.9 Å². The molecule has 0 spiro atoms. The molecular weight excluding hydrogens is 310 g/mol. The van der Waals surface area contributed by atoms with Crippen molar-refractivity contribution in [2.75, 3.05) is 11.5 Å². The van der Waals surface area contributed by atoms with Crippen molar-refractivity contribution in [1.29, 1.82) is 0 Å². The molecule has 0 aliphatic carbocycles. The molecule has 1 aromatic carbocycles. The number of rotatable bonds is 4. The van der Waals surface area contributed by atoms with Crippen molar-refractivity contribution in [3.05, 3.63) is 35.9 Å². The number of hydrogen-bond acceptors (Lipinski definition) is 5. The molecule has 124 valence electrons. The molecule has 2 saturated heterocycles. The number of benzene rings is 1. The van der Waals surface area contributed by atoms with E-state index in [0.717, 1.165) is 0 Å². The van der Waals surface area contributed by atoms with Gasteiger partial charge in [-0.1, -0.05) is 12.2 Å². The van der Waals surface area contributed by atoms with Crippen molar-refractivity contribution in [3.63, 3.8) is 0 Å². The normalized spacial score (nSPS) is 30.2. The third-order valence-electron chi connectivity index (χ3n) is 4.82. The number of fused-ring (bicyclic) bond motifs is 5. The molecule has 0 saturated carbocycles. The molecule has 3 aliphatic heterocycles. The minimum atomic E-state index is -0.483. The van der Waals surface area contributed by atoms with Gasteiger partial charge in [-0.3, -0.25) is 14.4 Å². The molecule has 2 amide bonds. The summed E-state index contributed by atoms with van der Waals surface area (Å²) in [7, 11) is 0. The van der Waals surface area contributed by atoms with Crippen LogP contribution in [0, 0.1) is 11.8 Å². The molecule has 2 fully saturated rings. The zero-order valence-electron chi connectivity index (χ0n) is 13.4. The van der Waals surface area contributed by atoms with E-state index in [4.69, 9.17) is 9.47 Å². The Labute approximate surface area is 139 Å². The van der Waals surface area contributed by atoms with Gasteiger partial charge in [0, 0.05) is 5.56 Å². The molecule has 2 bridgehead atoms. The number of hydrogen-bond donors (Lipinski definition) is 0. The number of nitrogens with zero attached hydrogens (tertiary/aromatic N) is 1. The first kappa shape index (κ1) is 15.1. The lowest BCUT2D eigenvalue weighted by molar-refractivity contribution is -0.124. The zero-order valence-corrected chi connectivity index (χ0v) is 13.4. The number of anilines is 1. The van der Waals surface area contributed by atoms with Crippen LogP contribution in [0.2, 0.25) is 0 Å². The van der Waals surface area contributed by atoms with Gasteiger partial charge >= 0.3 is 0 Å². The highest BCUT2D eigenvalue weighted by Gasteiger charge is 2.61. The number of carbonyl (C=O) groups is 3. The summed E-state index contributed by atoms with van der Waals surface area (Å²) in [6.45, 7) is 3.66. The summed E-state index contributed by atoms with van der Waals surface area (Å²) in [4.78, 5) is 38.6. The van der Waals surface area contributed by atoms with Crippen LogP contribution in [0.25, 0.3) is 0 Å². The number of ether oxygens (including phenoxy) is 2. The summed E-state index contributed by atoms with van der Waals surface area (Å²) in [6, 6.07) is 4.82. The molecule has 0 N–H and O–H groups in total. The maximum absolute atomic E-state index is 12.9. The summed E-state index contributed by atoms with van der Waals surface area (Å²) in [5.41, 5.74) is 0.775. The molecule has 0 unspecified atom stereocenters. The fourth-order valence-electron chi connectivity index (χ4n) is 3.73. The van der Waals surface area contributed by atoms with E-state index in [1.54, 1.807) is 18.2 Å². The van der Waals surface area contributed by atoms with Crippen LogP contribution in [-0.2, 0) is 14.3 Å². The lowest BCUT2D eigenvalue weighted by Crippen LogP contribution is -2.34. The Balaban J connectivity index is 1.78. The summed E-state index contributed by atoms with van der Waals surface area (Å²) >= 11 is 0. The lowest BCUT2D eigenvalue weighted by atomic mass is 9.85. The average Bonchev–Trinajstić information content (AvgIpc) is 3.22. The van der Waals surface area contributed by atoms with Crippen LogP contribution in [0.5, 0.6) is 5.75 Å². The molecule has 0 aromatic heterocycles. The van der Waals surface area contributed by atoms with Crippen LogP contribution in [0.3, 0.4) is 0 Å². The monoisotopic (exact) mass is 327 g/mol. The third-order valence-corrected chi connectivity index (χ3v) is 4.82. The second-order valence-electron chi connectivity index (χ2n) is 6.19. The van der Waals surface area contributed by atoms with Crippen molar-refractivity contribution in [2.45, 2.75) is 26.1 Å². The fraction of sp³-hybridized carbons (Fsp3) is 0.389. The summed E-state index contributed by atoms with van der Waals surface area (Å²) in [5, 5.41) is 0. The Morgan fingerprint density at radius 3 is 2.33 bits per heavy atom. The van der Waals surface area contributed by atoms with Gasteiger partial charge in [0.1, 0.15) is 5.75 Å². The minimum Gasteiger partial charge on any atom is -0.492 e.